The second-order valence-corrected chi connectivity index (χ2v) is 9.21. The normalized spacial score (nSPS) is 14.0. The minimum Gasteiger partial charge on any atom is -0.496 e. The van der Waals surface area contributed by atoms with E-state index < -0.39 is 0 Å². The molecule has 0 atom stereocenters. The minimum absolute atomic E-state index is 0.117. The molecule has 0 saturated carbocycles. The van der Waals surface area contributed by atoms with Gasteiger partial charge >= 0.3 is 0 Å². The number of hydrogen-bond donors (Lipinski definition) is 1. The van der Waals surface area contributed by atoms with Gasteiger partial charge in [0, 0.05) is 31.1 Å². The first kappa shape index (κ1) is 22.8. The summed E-state index contributed by atoms with van der Waals surface area (Å²) in [4.78, 5) is 44.4. The van der Waals surface area contributed by atoms with Crippen LogP contribution in [0.4, 0.5) is 5.13 Å². The van der Waals surface area contributed by atoms with Crippen LogP contribution < -0.4 is 10.1 Å². The molecule has 8 nitrogen and oxygen atoms in total. The fourth-order valence-corrected chi connectivity index (χ4v) is 5.18. The Morgan fingerprint density at radius 2 is 2.00 bits per heavy atom. The Hall–Kier alpha value is -2.85. The van der Waals surface area contributed by atoms with Crippen LogP contribution in [0.3, 0.4) is 0 Å². The molecule has 2 heterocycles. The molecule has 1 aromatic carbocycles. The molecule has 164 valence electrons. The summed E-state index contributed by atoms with van der Waals surface area (Å²) < 4.78 is 6.39. The zero-order chi connectivity index (χ0) is 22.4. The van der Waals surface area contributed by atoms with Gasteiger partial charge in [-0.25, -0.2) is 4.98 Å². The number of amides is 3. The molecule has 0 bridgehead atoms. The molecule has 1 aromatic heterocycles. The lowest BCUT2D eigenvalue weighted by atomic mass is 10.1. The summed E-state index contributed by atoms with van der Waals surface area (Å²) in [5.74, 6) is 0.274. The number of hydrogen-bond acceptors (Lipinski definition) is 7. The molecule has 1 fully saturated rings. The summed E-state index contributed by atoms with van der Waals surface area (Å²) in [6, 6.07) is 3.69. The summed E-state index contributed by atoms with van der Waals surface area (Å²) >= 11 is 2.84. The highest BCUT2D eigenvalue weighted by Gasteiger charge is 2.25. The van der Waals surface area contributed by atoms with Crippen molar-refractivity contribution in [3.8, 4) is 5.75 Å². The SMILES string of the molecule is C=CC(=O)N1CCCN(C(=O)c2cc(Sc3cnc(NC=O)s3)c(C)cc2OC)CC1. The molecular formula is C21H24N4O4S2. The van der Waals surface area contributed by atoms with Crippen molar-refractivity contribution in [1.29, 1.82) is 0 Å². The van der Waals surface area contributed by atoms with Crippen LogP contribution in [0.5, 0.6) is 5.75 Å². The van der Waals surface area contributed by atoms with Crippen molar-refractivity contribution in [2.75, 3.05) is 38.6 Å². The number of anilines is 1. The van der Waals surface area contributed by atoms with E-state index in [9.17, 15) is 14.4 Å². The zero-order valence-electron chi connectivity index (χ0n) is 17.4. The number of rotatable bonds is 7. The fraction of sp³-hybridized carbons (Fsp3) is 0.333. The van der Waals surface area contributed by atoms with Gasteiger partial charge in [-0.1, -0.05) is 29.7 Å². The summed E-state index contributed by atoms with van der Waals surface area (Å²) in [6.07, 6.45) is 4.29. The van der Waals surface area contributed by atoms with Crippen LogP contribution in [0.2, 0.25) is 0 Å². The van der Waals surface area contributed by atoms with Crippen molar-refractivity contribution in [2.24, 2.45) is 0 Å². The van der Waals surface area contributed by atoms with E-state index in [4.69, 9.17) is 4.74 Å². The third-order valence-electron chi connectivity index (χ3n) is 4.87. The Morgan fingerprint density at radius 3 is 2.71 bits per heavy atom. The number of nitrogens with zero attached hydrogens (tertiary/aromatic N) is 3. The molecular weight excluding hydrogens is 436 g/mol. The van der Waals surface area contributed by atoms with E-state index in [-0.39, 0.29) is 11.8 Å². The van der Waals surface area contributed by atoms with Gasteiger partial charge in [0.15, 0.2) is 5.13 Å². The predicted molar refractivity (Wildman–Crippen MR) is 121 cm³/mol. The van der Waals surface area contributed by atoms with Crippen LogP contribution in [-0.2, 0) is 9.59 Å². The van der Waals surface area contributed by atoms with Crippen LogP contribution in [0.25, 0.3) is 0 Å². The molecule has 2 aromatic rings. The van der Waals surface area contributed by atoms with E-state index in [0.717, 1.165) is 14.7 Å². The van der Waals surface area contributed by atoms with Crippen LogP contribution in [0.1, 0.15) is 22.3 Å². The van der Waals surface area contributed by atoms with E-state index in [1.54, 1.807) is 23.1 Å². The number of aromatic nitrogens is 1. The van der Waals surface area contributed by atoms with Gasteiger partial charge in [-0.15, -0.1) is 0 Å². The third kappa shape index (κ3) is 5.45. The maximum absolute atomic E-state index is 13.3. The van der Waals surface area contributed by atoms with Gasteiger partial charge in [-0.05, 0) is 37.1 Å². The summed E-state index contributed by atoms with van der Waals surface area (Å²) in [5, 5.41) is 3.06. The van der Waals surface area contributed by atoms with Crippen molar-refractivity contribution in [3.63, 3.8) is 0 Å². The van der Waals surface area contributed by atoms with Gasteiger partial charge < -0.3 is 19.9 Å². The van der Waals surface area contributed by atoms with Crippen molar-refractivity contribution in [2.45, 2.75) is 22.4 Å². The molecule has 3 amide bonds. The maximum Gasteiger partial charge on any atom is 0.257 e. The van der Waals surface area contributed by atoms with Crippen molar-refractivity contribution < 1.29 is 19.1 Å². The molecule has 0 radical (unpaired) electrons. The highest BCUT2D eigenvalue weighted by molar-refractivity contribution is 8.01. The highest BCUT2D eigenvalue weighted by Crippen LogP contribution is 2.38. The van der Waals surface area contributed by atoms with Crippen molar-refractivity contribution in [3.05, 3.63) is 42.1 Å². The van der Waals surface area contributed by atoms with Gasteiger partial charge in [0.1, 0.15) is 5.75 Å². The molecule has 31 heavy (non-hydrogen) atoms. The molecule has 1 N–H and O–H groups in total. The van der Waals surface area contributed by atoms with Gasteiger partial charge in [-0.2, -0.15) is 0 Å². The average Bonchev–Trinajstić information content (AvgIpc) is 3.06. The van der Waals surface area contributed by atoms with Gasteiger partial charge in [0.25, 0.3) is 5.91 Å². The molecule has 0 unspecified atom stereocenters. The number of carbonyl (C=O) groups is 3. The van der Waals surface area contributed by atoms with E-state index in [1.165, 1.54) is 29.2 Å². The summed E-state index contributed by atoms with van der Waals surface area (Å²) in [7, 11) is 1.55. The molecule has 10 heteroatoms. The summed E-state index contributed by atoms with van der Waals surface area (Å²) in [5.41, 5.74) is 1.45. The maximum atomic E-state index is 13.3. The molecule has 1 saturated heterocycles. The number of benzene rings is 1. The zero-order valence-corrected chi connectivity index (χ0v) is 19.1. The number of ether oxygens (including phenoxy) is 1. The van der Waals surface area contributed by atoms with Crippen LogP contribution >= 0.6 is 23.1 Å². The summed E-state index contributed by atoms with van der Waals surface area (Å²) in [6.45, 7) is 7.58. The number of methoxy groups -OCH3 is 1. The second-order valence-electron chi connectivity index (χ2n) is 6.84. The second kappa shape index (κ2) is 10.5. The number of carbonyl (C=O) groups excluding carboxylic acids is 3. The van der Waals surface area contributed by atoms with E-state index in [2.05, 4.69) is 16.9 Å². The lowest BCUT2D eigenvalue weighted by molar-refractivity contribution is -0.125. The Bertz CT molecular complexity index is 992. The van der Waals surface area contributed by atoms with E-state index in [1.807, 2.05) is 19.1 Å². The first-order valence-electron chi connectivity index (χ1n) is 9.70. The van der Waals surface area contributed by atoms with Crippen LogP contribution in [0.15, 0.2) is 40.1 Å². The van der Waals surface area contributed by atoms with Crippen molar-refractivity contribution in [1.82, 2.24) is 14.8 Å². The lowest BCUT2D eigenvalue weighted by Crippen LogP contribution is -2.36. The lowest BCUT2D eigenvalue weighted by Gasteiger charge is -2.23. The standard InChI is InChI=1S/C21H24N4O4S2/c1-4-18(27)24-6-5-7-25(9-8-24)20(28)15-11-17(14(2)10-16(15)29-3)30-19-12-22-21(31-19)23-13-26/h4,10-13H,1,5-9H2,2-3H3,(H,22,23,26). The fourth-order valence-electron chi connectivity index (χ4n) is 3.28. The Labute approximate surface area is 189 Å². The Morgan fingerprint density at radius 1 is 1.26 bits per heavy atom. The molecule has 1 aliphatic rings. The van der Waals surface area contributed by atoms with Gasteiger partial charge in [0.2, 0.25) is 12.3 Å². The molecule has 0 spiro atoms. The smallest absolute Gasteiger partial charge is 0.257 e. The average molecular weight is 461 g/mol. The van der Waals surface area contributed by atoms with E-state index >= 15 is 0 Å². The Balaban J connectivity index is 1.82. The quantitative estimate of drug-likeness (QED) is 0.504. The first-order valence-corrected chi connectivity index (χ1v) is 11.3. The Kier molecular flexibility index (Phi) is 7.69. The topological polar surface area (TPSA) is 91.8 Å². The highest BCUT2D eigenvalue weighted by atomic mass is 32.2. The third-order valence-corrected chi connectivity index (χ3v) is 7.06. The largest absolute Gasteiger partial charge is 0.496 e. The first-order chi connectivity index (χ1) is 15.0. The van der Waals surface area contributed by atoms with Gasteiger partial charge in [0.05, 0.1) is 23.1 Å². The van der Waals surface area contributed by atoms with Crippen molar-refractivity contribution >= 4 is 46.5 Å². The van der Waals surface area contributed by atoms with Gasteiger partial charge in [-0.3, -0.25) is 14.4 Å². The number of aryl methyl sites for hydroxylation is 1. The monoisotopic (exact) mass is 460 g/mol. The number of thiazole rings is 1. The van der Waals surface area contributed by atoms with Crippen LogP contribution in [0, 0.1) is 6.92 Å². The predicted octanol–water partition coefficient (Wildman–Crippen LogP) is 3.04. The molecule has 3 rings (SSSR count). The molecule has 1 aliphatic heterocycles. The molecule has 0 aliphatic carbocycles. The van der Waals surface area contributed by atoms with E-state index in [0.29, 0.717) is 55.5 Å². The van der Waals surface area contributed by atoms with Crippen LogP contribution in [-0.4, -0.2) is 66.3 Å². The number of nitrogens with one attached hydrogen (secondary N) is 1. The minimum atomic E-state index is -0.126.